The largest absolute Gasteiger partial charge is 0.458 e. The summed E-state index contributed by atoms with van der Waals surface area (Å²) in [6.07, 6.45) is 4.17. The molecule has 0 bridgehead atoms. The summed E-state index contributed by atoms with van der Waals surface area (Å²) < 4.78 is 17.2. The van der Waals surface area contributed by atoms with E-state index >= 15 is 0 Å². The molecular weight excluding hydrogens is 244 g/mol. The summed E-state index contributed by atoms with van der Waals surface area (Å²) in [7, 11) is 0. The van der Waals surface area contributed by atoms with E-state index in [0.29, 0.717) is 11.7 Å². The molecule has 1 aliphatic carbocycles. The number of fused-ring (bicyclic) bond motifs is 3. The van der Waals surface area contributed by atoms with Crippen LogP contribution in [0.2, 0.25) is 0 Å². The van der Waals surface area contributed by atoms with Crippen LogP contribution in [0.5, 0.6) is 0 Å². The van der Waals surface area contributed by atoms with E-state index in [0.717, 1.165) is 25.7 Å². The molecule has 1 saturated carbocycles. The van der Waals surface area contributed by atoms with E-state index in [4.69, 9.17) is 14.2 Å². The summed E-state index contributed by atoms with van der Waals surface area (Å²) in [6, 6.07) is 0. The minimum absolute atomic E-state index is 0.0271. The van der Waals surface area contributed by atoms with E-state index in [1.807, 2.05) is 0 Å². The van der Waals surface area contributed by atoms with Crippen LogP contribution in [0.3, 0.4) is 0 Å². The van der Waals surface area contributed by atoms with Crippen LogP contribution in [-0.4, -0.2) is 35.5 Å². The molecule has 6 unspecified atom stereocenters. The molecule has 0 aromatic heterocycles. The number of ether oxygens (including phenoxy) is 3. The molecule has 0 aromatic rings. The Morgan fingerprint density at radius 1 is 1.21 bits per heavy atom. The summed E-state index contributed by atoms with van der Waals surface area (Å²) in [6.45, 7) is 8.20. The molecule has 19 heavy (non-hydrogen) atoms. The quantitative estimate of drug-likeness (QED) is 0.381. The van der Waals surface area contributed by atoms with Gasteiger partial charge in [-0.25, -0.2) is 4.79 Å². The van der Waals surface area contributed by atoms with Crippen molar-refractivity contribution < 1.29 is 19.0 Å². The van der Waals surface area contributed by atoms with Crippen molar-refractivity contribution in [3.8, 4) is 0 Å². The molecule has 4 aliphatic rings. The predicted octanol–water partition coefficient (Wildman–Crippen LogP) is 1.97. The summed E-state index contributed by atoms with van der Waals surface area (Å²) in [4.78, 5) is 11.8. The van der Waals surface area contributed by atoms with Crippen molar-refractivity contribution in [1.82, 2.24) is 0 Å². The van der Waals surface area contributed by atoms with Gasteiger partial charge in [-0.15, -0.1) is 0 Å². The standard InChI is InChI=1S/C15H20O4/c1-8-9-6-12-14(2,19-12)5-4-11-15(3,18-11)7-10(9)17-13(8)16/h9-12H,1,4-7H2,2-3H3. The molecule has 3 aliphatic heterocycles. The Kier molecular flexibility index (Phi) is 2.14. The molecule has 0 radical (unpaired) electrons. The summed E-state index contributed by atoms with van der Waals surface area (Å²) >= 11 is 0. The molecule has 104 valence electrons. The summed E-state index contributed by atoms with van der Waals surface area (Å²) in [5.41, 5.74) is 0.469. The van der Waals surface area contributed by atoms with Gasteiger partial charge >= 0.3 is 5.97 Å². The van der Waals surface area contributed by atoms with Crippen molar-refractivity contribution in [2.45, 2.75) is 69.0 Å². The fraction of sp³-hybridized carbons (Fsp3) is 0.800. The maximum atomic E-state index is 11.8. The third-order valence-corrected chi connectivity index (χ3v) is 5.47. The lowest BCUT2D eigenvalue weighted by atomic mass is 9.81. The van der Waals surface area contributed by atoms with E-state index < -0.39 is 0 Å². The topological polar surface area (TPSA) is 51.4 Å². The molecule has 4 heteroatoms. The monoisotopic (exact) mass is 264 g/mol. The molecule has 4 nitrogen and oxygen atoms in total. The lowest BCUT2D eigenvalue weighted by molar-refractivity contribution is -0.139. The van der Waals surface area contributed by atoms with E-state index in [2.05, 4.69) is 20.4 Å². The molecule has 6 atom stereocenters. The first-order valence-corrected chi connectivity index (χ1v) is 7.17. The van der Waals surface area contributed by atoms with Gasteiger partial charge in [0.1, 0.15) is 6.10 Å². The van der Waals surface area contributed by atoms with Gasteiger partial charge in [-0.3, -0.25) is 0 Å². The summed E-state index contributed by atoms with van der Waals surface area (Å²) in [5, 5.41) is 0. The number of rotatable bonds is 0. The van der Waals surface area contributed by atoms with Gasteiger partial charge in [-0.1, -0.05) is 6.58 Å². The highest BCUT2D eigenvalue weighted by Gasteiger charge is 2.61. The van der Waals surface area contributed by atoms with Crippen LogP contribution in [0.25, 0.3) is 0 Å². The molecular formula is C15H20O4. The predicted molar refractivity (Wildman–Crippen MR) is 67.5 cm³/mol. The zero-order valence-corrected chi connectivity index (χ0v) is 11.5. The van der Waals surface area contributed by atoms with Gasteiger partial charge in [0.25, 0.3) is 0 Å². The van der Waals surface area contributed by atoms with Crippen molar-refractivity contribution >= 4 is 5.97 Å². The van der Waals surface area contributed by atoms with Crippen LogP contribution in [-0.2, 0) is 19.0 Å². The highest BCUT2D eigenvalue weighted by Crippen LogP contribution is 2.53. The second kappa shape index (κ2) is 3.41. The Balaban J connectivity index is 1.62. The fourth-order valence-electron chi connectivity index (χ4n) is 3.84. The van der Waals surface area contributed by atoms with Gasteiger partial charge in [0.2, 0.25) is 0 Å². The second-order valence-corrected chi connectivity index (χ2v) is 6.89. The van der Waals surface area contributed by atoms with Gasteiger partial charge in [0.05, 0.1) is 23.4 Å². The minimum atomic E-state index is -0.239. The van der Waals surface area contributed by atoms with Crippen molar-refractivity contribution in [1.29, 1.82) is 0 Å². The maximum Gasteiger partial charge on any atom is 0.334 e. The number of hydrogen-bond acceptors (Lipinski definition) is 4. The average Bonchev–Trinajstić information content (AvgIpc) is 3.15. The SMILES string of the molecule is C=C1C(=O)OC2CC3(C)OC3CCC3(C)OC3CC12. The zero-order valence-electron chi connectivity index (χ0n) is 11.5. The Bertz CT molecular complexity index is 473. The first-order chi connectivity index (χ1) is 8.91. The van der Waals surface area contributed by atoms with E-state index in [1.165, 1.54) is 0 Å². The Hall–Kier alpha value is -0.870. The van der Waals surface area contributed by atoms with Crippen LogP contribution in [0.15, 0.2) is 12.2 Å². The van der Waals surface area contributed by atoms with Crippen molar-refractivity contribution in [2.24, 2.45) is 5.92 Å². The molecule has 0 N–H and O–H groups in total. The number of carbonyl (C=O) groups excluding carboxylic acids is 1. The highest BCUT2D eigenvalue weighted by molar-refractivity contribution is 5.90. The van der Waals surface area contributed by atoms with Gasteiger partial charge in [0, 0.05) is 17.9 Å². The van der Waals surface area contributed by atoms with Gasteiger partial charge in [-0.2, -0.15) is 0 Å². The average molecular weight is 264 g/mol. The Labute approximate surface area is 113 Å². The van der Waals surface area contributed by atoms with Crippen LogP contribution >= 0.6 is 0 Å². The molecule has 0 spiro atoms. The smallest absolute Gasteiger partial charge is 0.334 e. The van der Waals surface area contributed by atoms with Gasteiger partial charge in [-0.05, 0) is 33.1 Å². The zero-order chi connectivity index (χ0) is 13.4. The minimum Gasteiger partial charge on any atom is -0.458 e. The molecule has 0 aromatic carbocycles. The first kappa shape index (κ1) is 11.9. The number of carbonyl (C=O) groups is 1. The Morgan fingerprint density at radius 3 is 2.74 bits per heavy atom. The van der Waals surface area contributed by atoms with Crippen molar-refractivity contribution in [3.05, 3.63) is 12.2 Å². The molecule has 3 heterocycles. The molecule has 0 amide bonds. The first-order valence-electron chi connectivity index (χ1n) is 7.17. The third kappa shape index (κ3) is 1.69. The Morgan fingerprint density at radius 2 is 1.95 bits per heavy atom. The van der Waals surface area contributed by atoms with E-state index in [9.17, 15) is 4.79 Å². The van der Waals surface area contributed by atoms with Gasteiger partial charge in [0.15, 0.2) is 0 Å². The molecule has 4 rings (SSSR count). The lowest BCUT2D eigenvalue weighted by Gasteiger charge is -2.21. The van der Waals surface area contributed by atoms with Crippen molar-refractivity contribution in [2.75, 3.05) is 0 Å². The van der Waals surface area contributed by atoms with Crippen LogP contribution in [0.1, 0.15) is 39.5 Å². The number of epoxide rings is 2. The van der Waals surface area contributed by atoms with Crippen LogP contribution < -0.4 is 0 Å². The second-order valence-electron chi connectivity index (χ2n) is 6.89. The lowest BCUT2D eigenvalue weighted by Crippen LogP contribution is -2.28. The van der Waals surface area contributed by atoms with Crippen molar-refractivity contribution in [3.63, 3.8) is 0 Å². The fourth-order valence-corrected chi connectivity index (χ4v) is 3.84. The highest BCUT2D eigenvalue weighted by atomic mass is 16.6. The number of hydrogen-bond donors (Lipinski definition) is 0. The third-order valence-electron chi connectivity index (χ3n) is 5.47. The molecule has 3 saturated heterocycles. The maximum absolute atomic E-state index is 11.8. The number of esters is 1. The summed E-state index contributed by atoms with van der Waals surface area (Å²) in [5.74, 6) is -0.142. The van der Waals surface area contributed by atoms with E-state index in [-0.39, 0.29) is 35.3 Å². The van der Waals surface area contributed by atoms with Crippen LogP contribution in [0, 0.1) is 5.92 Å². The molecule has 4 fully saturated rings. The normalized spacial score (nSPS) is 55.7. The van der Waals surface area contributed by atoms with E-state index in [1.54, 1.807) is 0 Å². The van der Waals surface area contributed by atoms with Crippen LogP contribution in [0.4, 0.5) is 0 Å². The van der Waals surface area contributed by atoms with Gasteiger partial charge < -0.3 is 14.2 Å².